The zero-order chi connectivity index (χ0) is 22.5. The Morgan fingerprint density at radius 2 is 1.67 bits per heavy atom. The Bertz CT molecular complexity index is 1390. The summed E-state index contributed by atoms with van der Waals surface area (Å²) in [5.41, 5.74) is 8.11. The highest BCUT2D eigenvalue weighted by Crippen LogP contribution is 2.46. The van der Waals surface area contributed by atoms with Gasteiger partial charge in [-0.3, -0.25) is 4.79 Å². The van der Waals surface area contributed by atoms with Crippen molar-refractivity contribution in [3.05, 3.63) is 70.8 Å². The highest BCUT2D eigenvalue weighted by molar-refractivity contribution is 6.28. The molecule has 1 fully saturated rings. The lowest BCUT2D eigenvalue weighted by molar-refractivity contribution is 0.104. The van der Waals surface area contributed by atoms with Crippen molar-refractivity contribution in [3.63, 3.8) is 0 Å². The summed E-state index contributed by atoms with van der Waals surface area (Å²) in [5, 5.41) is 8.95. The number of nitrogens with zero attached hydrogens (tertiary/aromatic N) is 2. The Morgan fingerprint density at radius 1 is 0.909 bits per heavy atom. The predicted molar refractivity (Wildman–Crippen MR) is 133 cm³/mol. The molecular weight excluding hydrogens is 410 g/mol. The fourth-order valence-corrected chi connectivity index (χ4v) is 5.21. The lowest BCUT2D eigenvalue weighted by atomic mass is 9.86. The minimum atomic E-state index is 0.0153. The average Bonchev–Trinajstić information content (AvgIpc) is 3.08. The van der Waals surface area contributed by atoms with Crippen molar-refractivity contribution in [1.29, 1.82) is 0 Å². The van der Waals surface area contributed by atoms with Crippen molar-refractivity contribution in [3.8, 4) is 11.3 Å². The number of hydrogen-bond acceptors (Lipinski definition) is 5. The molecule has 0 bridgehead atoms. The molecule has 0 radical (unpaired) electrons. The quantitative estimate of drug-likeness (QED) is 0.337. The number of fused-ring (bicyclic) bond motifs is 2. The standard InChI is InChI=1S/C28H27N3O2/c1-17-11-12-18(2)21(15-17)29-22-16-23(31-13-7-3-4-8-14-31)26-25-24(22)27(32)19-9-5-6-10-20(19)28(25)33-30-26/h5-6,9-12,15-16,29H,3-4,7-8,13-14H2,1-2H3. The molecule has 166 valence electrons. The van der Waals surface area contributed by atoms with E-state index in [1.807, 2.05) is 24.3 Å². The molecular formula is C28H27N3O2. The zero-order valence-corrected chi connectivity index (χ0v) is 19.1. The Hall–Kier alpha value is -3.60. The van der Waals surface area contributed by atoms with E-state index < -0.39 is 0 Å². The van der Waals surface area contributed by atoms with Crippen LogP contribution in [0.2, 0.25) is 0 Å². The number of carbonyl (C=O) groups excluding carboxylic acids is 1. The zero-order valence-electron chi connectivity index (χ0n) is 19.1. The molecule has 0 amide bonds. The molecule has 33 heavy (non-hydrogen) atoms. The van der Waals surface area contributed by atoms with Crippen molar-refractivity contribution in [2.24, 2.45) is 0 Å². The fourth-order valence-electron chi connectivity index (χ4n) is 5.21. The minimum absolute atomic E-state index is 0.0153. The largest absolute Gasteiger partial charge is 0.370 e. The van der Waals surface area contributed by atoms with E-state index in [4.69, 9.17) is 4.52 Å². The van der Waals surface area contributed by atoms with Gasteiger partial charge in [0.2, 0.25) is 0 Å². The summed E-state index contributed by atoms with van der Waals surface area (Å²) in [6, 6.07) is 16.1. The topological polar surface area (TPSA) is 58.4 Å². The minimum Gasteiger partial charge on any atom is -0.370 e. The van der Waals surface area contributed by atoms with Crippen LogP contribution < -0.4 is 10.2 Å². The molecule has 5 nitrogen and oxygen atoms in total. The maximum Gasteiger partial charge on any atom is 0.196 e. The summed E-state index contributed by atoms with van der Waals surface area (Å²) >= 11 is 0. The number of nitrogens with one attached hydrogen (secondary N) is 1. The van der Waals surface area contributed by atoms with E-state index in [-0.39, 0.29) is 5.78 Å². The van der Waals surface area contributed by atoms with Crippen LogP contribution in [0.1, 0.15) is 52.7 Å². The highest BCUT2D eigenvalue weighted by atomic mass is 16.5. The SMILES string of the molecule is Cc1ccc(C)c(Nc2cc(N3CCCCCC3)c3noc4c3c2C(=O)c2ccccc2-4)c1. The van der Waals surface area contributed by atoms with E-state index in [1.165, 1.54) is 18.4 Å². The summed E-state index contributed by atoms with van der Waals surface area (Å²) in [6.45, 7) is 6.15. The van der Waals surface area contributed by atoms with Gasteiger partial charge >= 0.3 is 0 Å². The number of benzene rings is 3. The molecule has 0 atom stereocenters. The second-order valence-corrected chi connectivity index (χ2v) is 9.27. The lowest BCUT2D eigenvalue weighted by Gasteiger charge is -2.26. The third kappa shape index (κ3) is 3.22. The van der Waals surface area contributed by atoms with Crippen LogP contribution in [0.15, 0.2) is 53.1 Å². The van der Waals surface area contributed by atoms with Gasteiger partial charge in [-0.2, -0.15) is 0 Å². The number of rotatable bonds is 3. The van der Waals surface area contributed by atoms with Crippen LogP contribution in [-0.2, 0) is 0 Å². The van der Waals surface area contributed by atoms with Crippen molar-refractivity contribution < 1.29 is 9.32 Å². The van der Waals surface area contributed by atoms with Crippen LogP contribution in [0.5, 0.6) is 0 Å². The van der Waals surface area contributed by atoms with Gasteiger partial charge in [0.05, 0.1) is 22.3 Å². The number of ketones is 1. The molecule has 0 spiro atoms. The van der Waals surface area contributed by atoms with E-state index in [0.717, 1.165) is 65.0 Å². The third-order valence-electron chi connectivity index (χ3n) is 6.99. The van der Waals surface area contributed by atoms with Crippen LogP contribution in [0, 0.1) is 13.8 Å². The van der Waals surface area contributed by atoms with E-state index >= 15 is 0 Å². The number of aromatic nitrogens is 1. The Labute approximate surface area is 193 Å². The maximum atomic E-state index is 13.8. The van der Waals surface area contributed by atoms with E-state index in [0.29, 0.717) is 16.9 Å². The van der Waals surface area contributed by atoms with Crippen molar-refractivity contribution in [2.45, 2.75) is 39.5 Å². The maximum absolute atomic E-state index is 13.8. The van der Waals surface area contributed by atoms with Crippen LogP contribution in [0.3, 0.4) is 0 Å². The summed E-state index contributed by atoms with van der Waals surface area (Å²) in [4.78, 5) is 16.2. The van der Waals surface area contributed by atoms with Gasteiger partial charge in [0.25, 0.3) is 0 Å². The van der Waals surface area contributed by atoms with Gasteiger partial charge in [-0.05, 0) is 49.9 Å². The predicted octanol–water partition coefficient (Wildman–Crippen LogP) is 6.78. The van der Waals surface area contributed by atoms with Gasteiger partial charge in [0, 0.05) is 29.9 Å². The van der Waals surface area contributed by atoms with Gasteiger partial charge < -0.3 is 14.7 Å². The first-order valence-electron chi connectivity index (χ1n) is 11.8. The van der Waals surface area contributed by atoms with Crippen molar-refractivity contribution in [2.75, 3.05) is 23.3 Å². The molecule has 1 N–H and O–H groups in total. The summed E-state index contributed by atoms with van der Waals surface area (Å²) < 4.78 is 5.93. The third-order valence-corrected chi connectivity index (χ3v) is 6.99. The Kier molecular flexibility index (Phi) is 4.72. The van der Waals surface area contributed by atoms with E-state index in [1.54, 1.807) is 0 Å². The highest BCUT2D eigenvalue weighted by Gasteiger charge is 2.33. The second-order valence-electron chi connectivity index (χ2n) is 9.27. The molecule has 1 aliphatic heterocycles. The molecule has 5 heteroatoms. The van der Waals surface area contributed by atoms with Gasteiger partial charge in [0.15, 0.2) is 11.5 Å². The fraction of sp³-hybridized carbons (Fsp3) is 0.286. The molecule has 3 aromatic carbocycles. The van der Waals surface area contributed by atoms with E-state index in [2.05, 4.69) is 53.5 Å². The second kappa shape index (κ2) is 7.77. The smallest absolute Gasteiger partial charge is 0.196 e. The van der Waals surface area contributed by atoms with Gasteiger partial charge in [-0.1, -0.05) is 54.4 Å². The monoisotopic (exact) mass is 437 g/mol. The first-order chi connectivity index (χ1) is 16.1. The molecule has 0 unspecified atom stereocenters. The molecule has 0 saturated carbocycles. The molecule has 1 saturated heterocycles. The molecule has 1 aromatic heterocycles. The average molecular weight is 438 g/mol. The van der Waals surface area contributed by atoms with Crippen LogP contribution >= 0.6 is 0 Å². The molecule has 2 heterocycles. The number of carbonyl (C=O) groups is 1. The number of hydrogen-bond donors (Lipinski definition) is 1. The molecule has 2 aliphatic rings. The van der Waals surface area contributed by atoms with Crippen molar-refractivity contribution in [1.82, 2.24) is 5.16 Å². The molecule has 6 rings (SSSR count). The lowest BCUT2D eigenvalue weighted by Crippen LogP contribution is -2.25. The van der Waals surface area contributed by atoms with E-state index in [9.17, 15) is 4.79 Å². The first-order valence-corrected chi connectivity index (χ1v) is 11.8. The Morgan fingerprint density at radius 3 is 2.45 bits per heavy atom. The van der Waals surface area contributed by atoms with Gasteiger partial charge in [0.1, 0.15) is 5.52 Å². The van der Waals surface area contributed by atoms with Crippen LogP contribution in [0.25, 0.3) is 22.2 Å². The molecule has 1 aliphatic carbocycles. The normalized spacial score (nSPS) is 15.5. The first kappa shape index (κ1) is 20.0. The summed E-state index contributed by atoms with van der Waals surface area (Å²) in [5.74, 6) is 0.706. The summed E-state index contributed by atoms with van der Waals surface area (Å²) in [6.07, 6.45) is 4.83. The van der Waals surface area contributed by atoms with Crippen molar-refractivity contribution >= 4 is 33.7 Å². The summed E-state index contributed by atoms with van der Waals surface area (Å²) in [7, 11) is 0. The number of anilines is 3. The van der Waals surface area contributed by atoms with Gasteiger partial charge in [-0.25, -0.2) is 0 Å². The van der Waals surface area contributed by atoms with Crippen LogP contribution in [0.4, 0.5) is 17.1 Å². The van der Waals surface area contributed by atoms with Gasteiger partial charge in [-0.15, -0.1) is 0 Å². The number of aryl methyl sites for hydroxylation is 2. The Balaban J connectivity index is 1.62. The molecule has 4 aromatic rings. The van der Waals surface area contributed by atoms with Crippen LogP contribution in [-0.4, -0.2) is 24.0 Å².